The molecule has 0 aliphatic carbocycles. The maximum absolute atomic E-state index is 12.3. The van der Waals surface area contributed by atoms with Crippen LogP contribution in [0.25, 0.3) is 0 Å². The number of carbonyl (C=O) groups is 1. The van der Waals surface area contributed by atoms with Gasteiger partial charge in [0.15, 0.2) is 5.75 Å². The van der Waals surface area contributed by atoms with Crippen LogP contribution >= 0.6 is 0 Å². The summed E-state index contributed by atoms with van der Waals surface area (Å²) in [5, 5.41) is 8.36. The van der Waals surface area contributed by atoms with Gasteiger partial charge in [-0.15, -0.1) is 0 Å². The van der Waals surface area contributed by atoms with Gasteiger partial charge in [-0.05, 0) is 12.1 Å². The van der Waals surface area contributed by atoms with E-state index >= 15 is 0 Å². The zero-order valence-corrected chi connectivity index (χ0v) is 11.7. The lowest BCUT2D eigenvalue weighted by Crippen LogP contribution is -2.28. The number of nitrogens with one attached hydrogen (secondary N) is 2. The molecule has 3 heterocycles. The fraction of sp³-hybridized carbons (Fsp3) is 0.308. The van der Waals surface area contributed by atoms with E-state index in [9.17, 15) is 13.6 Å². The predicted octanol–water partition coefficient (Wildman–Crippen LogP) is 2.10. The molecular weight excluding hydrogens is 314 g/mol. The van der Waals surface area contributed by atoms with E-state index in [0.717, 1.165) is 6.07 Å². The molecule has 0 fully saturated rings. The number of alkyl halides is 2. The highest BCUT2D eigenvalue weighted by Gasteiger charge is 2.16. The SMILES string of the molecule is O=C(NCc1cc(C(F)F)on1)Nc1ccc2c(n1)OCCO2. The Bertz CT molecular complexity index is 707. The monoisotopic (exact) mass is 326 g/mol. The Labute approximate surface area is 128 Å². The maximum atomic E-state index is 12.3. The number of carbonyl (C=O) groups excluding carboxylic acids is 1. The van der Waals surface area contributed by atoms with Gasteiger partial charge in [0.25, 0.3) is 12.3 Å². The van der Waals surface area contributed by atoms with Gasteiger partial charge >= 0.3 is 6.03 Å². The first kappa shape index (κ1) is 15.0. The summed E-state index contributed by atoms with van der Waals surface area (Å²) in [6.07, 6.45) is -2.74. The molecule has 1 aliphatic rings. The molecule has 0 saturated heterocycles. The van der Waals surface area contributed by atoms with E-state index in [1.54, 1.807) is 12.1 Å². The number of aromatic nitrogens is 2. The molecule has 122 valence electrons. The second kappa shape index (κ2) is 6.46. The second-order valence-electron chi connectivity index (χ2n) is 4.53. The molecule has 0 unspecified atom stereocenters. The number of amides is 2. The minimum atomic E-state index is -2.74. The van der Waals surface area contributed by atoms with Gasteiger partial charge in [-0.3, -0.25) is 5.32 Å². The zero-order valence-electron chi connectivity index (χ0n) is 11.7. The van der Waals surface area contributed by atoms with Crippen molar-refractivity contribution in [3.63, 3.8) is 0 Å². The van der Waals surface area contributed by atoms with Crippen molar-refractivity contribution in [2.45, 2.75) is 13.0 Å². The van der Waals surface area contributed by atoms with E-state index in [2.05, 4.69) is 25.3 Å². The molecule has 23 heavy (non-hydrogen) atoms. The Morgan fingerprint density at radius 1 is 1.30 bits per heavy atom. The van der Waals surface area contributed by atoms with Crippen molar-refractivity contribution in [1.29, 1.82) is 0 Å². The first-order chi connectivity index (χ1) is 11.1. The summed E-state index contributed by atoms with van der Waals surface area (Å²) in [6.45, 7) is 0.765. The number of anilines is 1. The quantitative estimate of drug-likeness (QED) is 0.893. The number of hydrogen-bond acceptors (Lipinski definition) is 6. The number of fused-ring (bicyclic) bond motifs is 1. The van der Waals surface area contributed by atoms with Gasteiger partial charge in [-0.1, -0.05) is 5.16 Å². The minimum Gasteiger partial charge on any atom is -0.484 e. The fourth-order valence-corrected chi connectivity index (χ4v) is 1.85. The van der Waals surface area contributed by atoms with Gasteiger partial charge in [0, 0.05) is 6.07 Å². The summed E-state index contributed by atoms with van der Waals surface area (Å²) >= 11 is 0. The first-order valence-corrected chi connectivity index (χ1v) is 6.67. The summed E-state index contributed by atoms with van der Waals surface area (Å²) in [5.41, 5.74) is 0.186. The highest BCUT2D eigenvalue weighted by molar-refractivity contribution is 5.88. The lowest BCUT2D eigenvalue weighted by atomic mass is 10.3. The van der Waals surface area contributed by atoms with Gasteiger partial charge in [0.2, 0.25) is 5.76 Å². The van der Waals surface area contributed by atoms with Crippen LogP contribution in [0, 0.1) is 0 Å². The molecule has 2 aromatic rings. The van der Waals surface area contributed by atoms with Crippen LogP contribution in [-0.2, 0) is 6.54 Å². The predicted molar refractivity (Wildman–Crippen MR) is 72.5 cm³/mol. The molecule has 3 rings (SSSR count). The van der Waals surface area contributed by atoms with Crippen molar-refractivity contribution < 1.29 is 27.6 Å². The van der Waals surface area contributed by atoms with Crippen molar-refractivity contribution in [3.05, 3.63) is 29.7 Å². The lowest BCUT2D eigenvalue weighted by Gasteiger charge is -2.17. The van der Waals surface area contributed by atoms with Crippen LogP contribution in [0.4, 0.5) is 19.4 Å². The molecule has 2 amide bonds. The Kier molecular flexibility index (Phi) is 4.22. The smallest absolute Gasteiger partial charge is 0.320 e. The van der Waals surface area contributed by atoms with Gasteiger partial charge in [-0.25, -0.2) is 13.6 Å². The summed E-state index contributed by atoms with van der Waals surface area (Å²) < 4.78 is 39.7. The second-order valence-corrected chi connectivity index (χ2v) is 4.53. The summed E-state index contributed by atoms with van der Waals surface area (Å²) in [6, 6.07) is 3.69. The summed E-state index contributed by atoms with van der Waals surface area (Å²) in [7, 11) is 0. The normalized spacial score (nSPS) is 13.0. The Morgan fingerprint density at radius 2 is 2.13 bits per heavy atom. The number of halogens is 2. The Balaban J connectivity index is 1.54. The van der Waals surface area contributed by atoms with Gasteiger partial charge in [0.05, 0.1) is 6.54 Å². The highest BCUT2D eigenvalue weighted by Crippen LogP contribution is 2.28. The van der Waals surface area contributed by atoms with Crippen LogP contribution in [0.3, 0.4) is 0 Å². The molecule has 0 bridgehead atoms. The average molecular weight is 326 g/mol. The molecule has 0 spiro atoms. The molecule has 10 heteroatoms. The Hall–Kier alpha value is -2.91. The van der Waals surface area contributed by atoms with Crippen LogP contribution in [0.15, 0.2) is 22.7 Å². The molecular formula is C13H12F2N4O4. The molecule has 0 radical (unpaired) electrons. The topological polar surface area (TPSA) is 98.5 Å². The van der Waals surface area contributed by atoms with Crippen molar-refractivity contribution in [3.8, 4) is 11.6 Å². The molecule has 8 nitrogen and oxygen atoms in total. The molecule has 0 saturated carbocycles. The van der Waals surface area contributed by atoms with E-state index in [0.29, 0.717) is 24.8 Å². The van der Waals surface area contributed by atoms with Crippen LogP contribution in [0.5, 0.6) is 11.6 Å². The summed E-state index contributed by atoms with van der Waals surface area (Å²) in [4.78, 5) is 15.8. The average Bonchev–Trinajstić information content (AvgIpc) is 3.02. The highest BCUT2D eigenvalue weighted by atomic mass is 19.3. The number of pyridine rings is 1. The van der Waals surface area contributed by atoms with Crippen molar-refractivity contribution in [1.82, 2.24) is 15.5 Å². The van der Waals surface area contributed by atoms with Crippen LogP contribution < -0.4 is 20.1 Å². The molecule has 0 atom stereocenters. The number of urea groups is 1. The lowest BCUT2D eigenvalue weighted by molar-refractivity contribution is 0.112. The third-order valence-corrected chi connectivity index (χ3v) is 2.87. The fourth-order valence-electron chi connectivity index (χ4n) is 1.85. The summed E-state index contributed by atoms with van der Waals surface area (Å²) in [5.74, 6) is 0.521. The minimum absolute atomic E-state index is 0.0629. The number of nitrogens with zero attached hydrogens (tertiary/aromatic N) is 2. The van der Waals surface area contributed by atoms with E-state index in [1.807, 2.05) is 0 Å². The van der Waals surface area contributed by atoms with Crippen LogP contribution in [-0.4, -0.2) is 29.4 Å². The van der Waals surface area contributed by atoms with Crippen molar-refractivity contribution in [2.75, 3.05) is 18.5 Å². The third kappa shape index (κ3) is 3.65. The van der Waals surface area contributed by atoms with E-state index in [4.69, 9.17) is 9.47 Å². The van der Waals surface area contributed by atoms with Gasteiger partial charge in [-0.2, -0.15) is 4.98 Å². The van der Waals surface area contributed by atoms with Crippen LogP contribution in [0.1, 0.15) is 17.9 Å². The molecule has 2 N–H and O–H groups in total. The number of ether oxygens (including phenoxy) is 2. The van der Waals surface area contributed by atoms with E-state index in [1.165, 1.54) is 0 Å². The Morgan fingerprint density at radius 3 is 2.91 bits per heavy atom. The van der Waals surface area contributed by atoms with Gasteiger partial charge in [0.1, 0.15) is 24.7 Å². The van der Waals surface area contributed by atoms with Crippen LogP contribution in [0.2, 0.25) is 0 Å². The van der Waals surface area contributed by atoms with Gasteiger partial charge < -0.3 is 19.3 Å². The maximum Gasteiger partial charge on any atom is 0.320 e. The van der Waals surface area contributed by atoms with E-state index < -0.39 is 18.2 Å². The molecule has 0 aromatic carbocycles. The third-order valence-electron chi connectivity index (χ3n) is 2.87. The van der Waals surface area contributed by atoms with Crippen molar-refractivity contribution >= 4 is 11.8 Å². The molecule has 1 aliphatic heterocycles. The number of rotatable bonds is 4. The number of hydrogen-bond donors (Lipinski definition) is 2. The van der Waals surface area contributed by atoms with Crippen molar-refractivity contribution in [2.24, 2.45) is 0 Å². The largest absolute Gasteiger partial charge is 0.484 e. The zero-order chi connectivity index (χ0) is 16.2. The standard InChI is InChI=1S/C13H12F2N4O4/c14-11(15)9-5-7(19-23-9)6-16-13(20)18-10-2-1-8-12(17-10)22-4-3-21-8/h1-2,5,11H,3-4,6H2,(H2,16,17,18,20). The first-order valence-electron chi connectivity index (χ1n) is 6.67. The molecule has 2 aromatic heterocycles. The van der Waals surface area contributed by atoms with E-state index in [-0.39, 0.29) is 18.1 Å².